The molecule has 3 rings (SSSR count). The first kappa shape index (κ1) is 14.2. The van der Waals surface area contributed by atoms with E-state index in [4.69, 9.17) is 0 Å². The molecule has 3 nitrogen and oxygen atoms in total. The number of hydrogen-bond acceptors (Lipinski definition) is 2. The van der Waals surface area contributed by atoms with E-state index in [1.165, 1.54) is 17.0 Å². The number of amides is 1. The standard InChI is InChI=1S/C18H14FNO2/c19-16-8-4-7-14(10-16)9-15-12-20(18(22)17(15)21)11-13-5-2-1-3-6-13/h1-10H,11-12H2/b15-9+. The average Bonchev–Trinajstić information content (AvgIpc) is 2.77. The van der Waals surface area contributed by atoms with Gasteiger partial charge in [0.15, 0.2) is 0 Å². The van der Waals surface area contributed by atoms with Crippen LogP contribution in [-0.4, -0.2) is 23.1 Å². The van der Waals surface area contributed by atoms with E-state index in [1.54, 1.807) is 18.2 Å². The summed E-state index contributed by atoms with van der Waals surface area (Å²) in [6.07, 6.45) is 1.58. The van der Waals surface area contributed by atoms with Crippen LogP contribution in [0.5, 0.6) is 0 Å². The molecular weight excluding hydrogens is 281 g/mol. The zero-order valence-electron chi connectivity index (χ0n) is 11.8. The lowest BCUT2D eigenvalue weighted by Gasteiger charge is -2.13. The molecule has 0 aromatic heterocycles. The average molecular weight is 295 g/mol. The van der Waals surface area contributed by atoms with Crippen molar-refractivity contribution in [1.29, 1.82) is 0 Å². The fraction of sp³-hybridized carbons (Fsp3) is 0.111. The highest BCUT2D eigenvalue weighted by molar-refractivity contribution is 6.45. The number of hydrogen-bond donors (Lipinski definition) is 0. The molecule has 2 aromatic carbocycles. The third kappa shape index (κ3) is 2.96. The van der Waals surface area contributed by atoms with Gasteiger partial charge < -0.3 is 4.90 Å². The molecule has 4 heteroatoms. The Morgan fingerprint density at radius 2 is 1.82 bits per heavy atom. The normalized spacial score (nSPS) is 16.6. The summed E-state index contributed by atoms with van der Waals surface area (Å²) in [5.41, 5.74) is 1.94. The number of ketones is 1. The lowest BCUT2D eigenvalue weighted by molar-refractivity contribution is -0.139. The maximum Gasteiger partial charge on any atom is 0.295 e. The monoisotopic (exact) mass is 295 g/mol. The zero-order chi connectivity index (χ0) is 15.5. The van der Waals surface area contributed by atoms with E-state index in [2.05, 4.69) is 0 Å². The van der Waals surface area contributed by atoms with Gasteiger partial charge in [0.25, 0.3) is 5.91 Å². The van der Waals surface area contributed by atoms with Crippen LogP contribution in [0, 0.1) is 5.82 Å². The van der Waals surface area contributed by atoms with Crippen LogP contribution in [0.3, 0.4) is 0 Å². The molecule has 1 saturated heterocycles. The Morgan fingerprint density at radius 1 is 1.05 bits per heavy atom. The first-order chi connectivity index (χ1) is 10.6. The minimum absolute atomic E-state index is 0.253. The van der Waals surface area contributed by atoms with Crippen molar-refractivity contribution in [3.8, 4) is 0 Å². The Kier molecular flexibility index (Phi) is 3.83. The van der Waals surface area contributed by atoms with Gasteiger partial charge in [0.1, 0.15) is 5.82 Å². The maximum absolute atomic E-state index is 13.2. The number of Topliss-reactive ketones (excluding diaryl/α,β-unsaturated/α-hetero) is 1. The molecule has 2 aromatic rings. The highest BCUT2D eigenvalue weighted by atomic mass is 19.1. The van der Waals surface area contributed by atoms with Crippen LogP contribution in [0.25, 0.3) is 6.08 Å². The van der Waals surface area contributed by atoms with E-state index in [9.17, 15) is 14.0 Å². The SMILES string of the molecule is O=C1C(=O)N(Cc2ccccc2)C/C1=C\c1cccc(F)c1. The Bertz CT molecular complexity index is 753. The van der Waals surface area contributed by atoms with Crippen molar-refractivity contribution in [3.63, 3.8) is 0 Å². The van der Waals surface area contributed by atoms with Crippen LogP contribution in [0.1, 0.15) is 11.1 Å². The molecule has 1 aliphatic heterocycles. The molecule has 0 bridgehead atoms. The number of rotatable bonds is 3. The van der Waals surface area contributed by atoms with Gasteiger partial charge in [-0.15, -0.1) is 0 Å². The van der Waals surface area contributed by atoms with E-state index < -0.39 is 11.7 Å². The van der Waals surface area contributed by atoms with Crippen molar-refractivity contribution < 1.29 is 14.0 Å². The largest absolute Gasteiger partial charge is 0.327 e. The second-order valence-corrected chi connectivity index (χ2v) is 5.20. The van der Waals surface area contributed by atoms with Gasteiger partial charge in [0.05, 0.1) is 6.54 Å². The minimum Gasteiger partial charge on any atom is -0.327 e. The number of carbonyl (C=O) groups excluding carboxylic acids is 2. The van der Waals surface area contributed by atoms with Crippen molar-refractivity contribution in [1.82, 2.24) is 4.90 Å². The second kappa shape index (κ2) is 5.93. The Labute approximate surface area is 127 Å². The molecule has 22 heavy (non-hydrogen) atoms. The predicted octanol–water partition coefficient (Wildman–Crippen LogP) is 2.82. The first-order valence-corrected chi connectivity index (χ1v) is 6.97. The molecule has 0 unspecified atom stereocenters. The van der Waals surface area contributed by atoms with Crippen LogP contribution in [0.2, 0.25) is 0 Å². The third-order valence-corrected chi connectivity index (χ3v) is 3.54. The molecule has 0 N–H and O–H groups in total. The molecule has 0 atom stereocenters. The van der Waals surface area contributed by atoms with Crippen molar-refractivity contribution in [2.24, 2.45) is 0 Å². The minimum atomic E-state index is -0.514. The molecule has 1 aliphatic rings. The van der Waals surface area contributed by atoms with Gasteiger partial charge in [0.2, 0.25) is 5.78 Å². The molecule has 1 amide bonds. The smallest absolute Gasteiger partial charge is 0.295 e. The highest BCUT2D eigenvalue weighted by Gasteiger charge is 2.33. The van der Waals surface area contributed by atoms with Crippen molar-refractivity contribution in [2.45, 2.75) is 6.54 Å². The predicted molar refractivity (Wildman–Crippen MR) is 81.2 cm³/mol. The summed E-state index contributed by atoms with van der Waals surface area (Å²) >= 11 is 0. The number of nitrogens with zero attached hydrogens (tertiary/aromatic N) is 1. The molecule has 1 heterocycles. The molecule has 0 aliphatic carbocycles. The van der Waals surface area contributed by atoms with Crippen molar-refractivity contribution in [2.75, 3.05) is 6.54 Å². The van der Waals surface area contributed by atoms with Crippen molar-refractivity contribution in [3.05, 3.63) is 77.1 Å². The molecular formula is C18H14FNO2. The second-order valence-electron chi connectivity index (χ2n) is 5.20. The molecule has 110 valence electrons. The van der Waals surface area contributed by atoms with Gasteiger partial charge in [-0.3, -0.25) is 9.59 Å². The molecule has 1 fully saturated rings. The summed E-state index contributed by atoms with van der Waals surface area (Å²) < 4.78 is 13.2. The van der Waals surface area contributed by atoms with E-state index in [1.807, 2.05) is 30.3 Å². The lowest BCUT2D eigenvalue weighted by atomic mass is 10.1. The highest BCUT2D eigenvalue weighted by Crippen LogP contribution is 2.19. The van der Waals surface area contributed by atoms with Crippen LogP contribution in [-0.2, 0) is 16.1 Å². The summed E-state index contributed by atoms with van der Waals surface area (Å²) in [6, 6.07) is 15.4. The number of carbonyl (C=O) groups is 2. The van der Waals surface area contributed by atoms with Crippen LogP contribution in [0.15, 0.2) is 60.2 Å². The van der Waals surface area contributed by atoms with Crippen LogP contribution >= 0.6 is 0 Å². The summed E-state index contributed by atoms with van der Waals surface area (Å²) in [4.78, 5) is 25.6. The number of halogens is 1. The summed E-state index contributed by atoms with van der Waals surface area (Å²) in [7, 11) is 0. The third-order valence-electron chi connectivity index (χ3n) is 3.54. The van der Waals surface area contributed by atoms with E-state index in [-0.39, 0.29) is 12.4 Å². The lowest BCUT2D eigenvalue weighted by Crippen LogP contribution is -2.26. The summed E-state index contributed by atoms with van der Waals surface area (Å²) in [5.74, 6) is -1.39. The van der Waals surface area contributed by atoms with Gasteiger partial charge in [-0.1, -0.05) is 42.5 Å². The number of benzene rings is 2. The zero-order valence-corrected chi connectivity index (χ0v) is 11.8. The fourth-order valence-electron chi connectivity index (χ4n) is 2.47. The Balaban J connectivity index is 1.81. The quantitative estimate of drug-likeness (QED) is 0.645. The van der Waals surface area contributed by atoms with Gasteiger partial charge >= 0.3 is 0 Å². The van der Waals surface area contributed by atoms with Crippen molar-refractivity contribution >= 4 is 17.8 Å². The summed E-state index contributed by atoms with van der Waals surface area (Å²) in [5, 5.41) is 0. The van der Waals surface area contributed by atoms with Gasteiger partial charge in [-0.25, -0.2) is 4.39 Å². The van der Waals surface area contributed by atoms with E-state index >= 15 is 0 Å². The Morgan fingerprint density at radius 3 is 2.55 bits per heavy atom. The molecule has 0 spiro atoms. The maximum atomic E-state index is 13.2. The van der Waals surface area contributed by atoms with E-state index in [0.717, 1.165) is 5.56 Å². The van der Waals surface area contributed by atoms with Gasteiger partial charge in [-0.2, -0.15) is 0 Å². The molecule has 0 saturated carbocycles. The van der Waals surface area contributed by atoms with E-state index in [0.29, 0.717) is 17.7 Å². The topological polar surface area (TPSA) is 37.4 Å². The van der Waals surface area contributed by atoms with Gasteiger partial charge in [-0.05, 0) is 29.3 Å². The fourth-order valence-corrected chi connectivity index (χ4v) is 2.47. The summed E-state index contributed by atoms with van der Waals surface area (Å²) in [6.45, 7) is 0.648. The first-order valence-electron chi connectivity index (χ1n) is 6.97. The van der Waals surface area contributed by atoms with Crippen LogP contribution < -0.4 is 0 Å². The van der Waals surface area contributed by atoms with Crippen LogP contribution in [0.4, 0.5) is 4.39 Å². The number of likely N-dealkylation sites (tertiary alicyclic amines) is 1. The Hall–Kier alpha value is -2.75. The van der Waals surface area contributed by atoms with Gasteiger partial charge in [0, 0.05) is 12.1 Å². The molecule has 0 radical (unpaired) electrons.